The number of hydrogen-bond donors (Lipinski definition) is 1. The number of hydrogen-bond acceptors (Lipinski definition) is 2. The molecule has 0 spiro atoms. The van der Waals surface area contributed by atoms with Crippen LogP contribution in [0.5, 0.6) is 5.75 Å². The fourth-order valence-corrected chi connectivity index (χ4v) is 1.38. The summed E-state index contributed by atoms with van der Waals surface area (Å²) in [7, 11) is 1.51. The summed E-state index contributed by atoms with van der Waals surface area (Å²) in [6, 6.07) is 6.30. The third-order valence-electron chi connectivity index (χ3n) is 2.58. The third-order valence-corrected chi connectivity index (χ3v) is 2.58. The van der Waals surface area contributed by atoms with Crippen molar-refractivity contribution in [2.24, 2.45) is 0 Å². The summed E-state index contributed by atoms with van der Waals surface area (Å²) in [5, 5.41) is 2.39. The van der Waals surface area contributed by atoms with Crippen LogP contribution in [0, 0.1) is 0 Å². The molecule has 1 rings (SSSR count). The summed E-state index contributed by atoms with van der Waals surface area (Å²) < 4.78 is 54.3. The highest BCUT2D eigenvalue weighted by Gasteiger charge is 2.40. The molecule has 0 amide bonds. The van der Waals surface area contributed by atoms with Crippen molar-refractivity contribution in [1.29, 1.82) is 0 Å². The Labute approximate surface area is 103 Å². The topological polar surface area (TPSA) is 21.3 Å². The van der Waals surface area contributed by atoms with Crippen molar-refractivity contribution in [2.75, 3.05) is 13.7 Å². The lowest BCUT2D eigenvalue weighted by Gasteiger charge is -2.20. The lowest BCUT2D eigenvalue weighted by molar-refractivity contribution is -0.126. The van der Waals surface area contributed by atoms with Crippen molar-refractivity contribution in [3.8, 4) is 5.75 Å². The van der Waals surface area contributed by atoms with Gasteiger partial charge in [-0.1, -0.05) is 12.1 Å². The molecule has 0 aromatic heterocycles. The van der Waals surface area contributed by atoms with E-state index in [9.17, 15) is 17.6 Å². The number of halogens is 4. The normalized spacial score (nSPS) is 13.7. The minimum Gasteiger partial charge on any atom is -0.497 e. The molecule has 0 saturated carbocycles. The molecule has 0 radical (unpaired) electrons. The molecule has 1 aromatic rings. The zero-order valence-electron chi connectivity index (χ0n) is 10.1. The first-order valence-corrected chi connectivity index (χ1v) is 5.40. The average Bonchev–Trinajstić information content (AvgIpc) is 2.36. The Morgan fingerprint density at radius 3 is 2.22 bits per heavy atom. The molecular weight excluding hydrogens is 250 g/mol. The Morgan fingerprint density at radius 1 is 1.22 bits per heavy atom. The van der Waals surface area contributed by atoms with E-state index in [0.29, 0.717) is 5.75 Å². The average molecular weight is 265 g/mol. The van der Waals surface area contributed by atoms with E-state index < -0.39 is 24.9 Å². The van der Waals surface area contributed by atoms with Crippen molar-refractivity contribution >= 4 is 0 Å². The van der Waals surface area contributed by atoms with E-state index >= 15 is 0 Å². The molecular formula is C12H15F4NO. The van der Waals surface area contributed by atoms with Gasteiger partial charge in [-0.05, 0) is 24.6 Å². The highest BCUT2D eigenvalue weighted by atomic mass is 19.3. The van der Waals surface area contributed by atoms with Gasteiger partial charge in [-0.3, -0.25) is 0 Å². The second kappa shape index (κ2) is 6.04. The Bertz CT molecular complexity index is 367. The van der Waals surface area contributed by atoms with E-state index in [1.807, 2.05) is 0 Å². The lowest BCUT2D eigenvalue weighted by Crippen LogP contribution is -2.39. The predicted octanol–water partition coefficient (Wildman–Crippen LogP) is 3.25. The van der Waals surface area contributed by atoms with Crippen LogP contribution in [0.1, 0.15) is 18.5 Å². The maximum atomic E-state index is 12.7. The van der Waals surface area contributed by atoms with Crippen LogP contribution in [0.3, 0.4) is 0 Å². The Balaban J connectivity index is 2.57. The second-order valence-corrected chi connectivity index (χ2v) is 3.94. The van der Waals surface area contributed by atoms with Crippen LogP contribution >= 0.6 is 0 Å². The van der Waals surface area contributed by atoms with E-state index in [2.05, 4.69) is 5.32 Å². The molecule has 1 atom stereocenters. The zero-order valence-corrected chi connectivity index (χ0v) is 10.1. The summed E-state index contributed by atoms with van der Waals surface area (Å²) in [6.07, 6.45) is -3.66. The van der Waals surface area contributed by atoms with E-state index in [1.165, 1.54) is 7.11 Å². The summed E-state index contributed by atoms with van der Waals surface area (Å²) in [6.45, 7) is 0.571. The van der Waals surface area contributed by atoms with E-state index in [-0.39, 0.29) is 0 Å². The molecule has 1 aromatic carbocycles. The smallest absolute Gasteiger partial charge is 0.319 e. The first-order chi connectivity index (χ1) is 8.36. The summed E-state index contributed by atoms with van der Waals surface area (Å²) in [5.74, 6) is -3.37. The zero-order chi connectivity index (χ0) is 13.8. The molecule has 0 bridgehead atoms. The molecule has 18 heavy (non-hydrogen) atoms. The van der Waals surface area contributed by atoms with Crippen LogP contribution in [0.2, 0.25) is 0 Å². The molecule has 0 aliphatic rings. The third kappa shape index (κ3) is 3.87. The van der Waals surface area contributed by atoms with Crippen molar-refractivity contribution in [1.82, 2.24) is 5.32 Å². The van der Waals surface area contributed by atoms with Gasteiger partial charge in [0.05, 0.1) is 13.7 Å². The molecule has 0 aliphatic carbocycles. The second-order valence-electron chi connectivity index (χ2n) is 3.94. The van der Waals surface area contributed by atoms with Crippen LogP contribution in [-0.4, -0.2) is 26.0 Å². The minimum absolute atomic E-state index is 0.444. The van der Waals surface area contributed by atoms with E-state index in [0.717, 1.165) is 5.56 Å². The van der Waals surface area contributed by atoms with Crippen molar-refractivity contribution in [3.63, 3.8) is 0 Å². The maximum Gasteiger partial charge on any atom is 0.319 e. The fourth-order valence-electron chi connectivity index (χ4n) is 1.38. The van der Waals surface area contributed by atoms with Crippen LogP contribution in [0.25, 0.3) is 0 Å². The molecule has 2 nitrogen and oxygen atoms in total. The van der Waals surface area contributed by atoms with Gasteiger partial charge < -0.3 is 10.1 Å². The highest BCUT2D eigenvalue weighted by Crippen LogP contribution is 2.23. The molecule has 1 N–H and O–H groups in total. The Kier molecular flexibility index (Phi) is 4.95. The number of ether oxygens (including phenoxy) is 1. The number of rotatable bonds is 6. The van der Waals surface area contributed by atoms with Crippen LogP contribution < -0.4 is 10.1 Å². The molecule has 0 fully saturated rings. The monoisotopic (exact) mass is 265 g/mol. The lowest BCUT2D eigenvalue weighted by atomic mass is 10.1. The van der Waals surface area contributed by atoms with Crippen molar-refractivity contribution < 1.29 is 22.3 Å². The number of alkyl halides is 4. The SMILES string of the molecule is COc1ccc(C(C)NCC(F)(F)C(F)F)cc1. The Morgan fingerprint density at radius 2 is 1.78 bits per heavy atom. The van der Waals surface area contributed by atoms with Crippen molar-refractivity contribution in [2.45, 2.75) is 25.3 Å². The van der Waals surface area contributed by atoms with Gasteiger partial charge in [0.2, 0.25) is 0 Å². The predicted molar refractivity (Wildman–Crippen MR) is 60.4 cm³/mol. The summed E-state index contributed by atoms with van der Waals surface area (Å²) in [4.78, 5) is 0. The van der Waals surface area contributed by atoms with Gasteiger partial charge in [0.15, 0.2) is 0 Å². The van der Waals surface area contributed by atoms with Crippen LogP contribution in [0.15, 0.2) is 24.3 Å². The first kappa shape index (κ1) is 14.8. The molecule has 0 saturated heterocycles. The number of nitrogens with one attached hydrogen (secondary N) is 1. The first-order valence-electron chi connectivity index (χ1n) is 5.40. The van der Waals surface area contributed by atoms with E-state index in [1.54, 1.807) is 31.2 Å². The molecule has 0 heterocycles. The molecule has 6 heteroatoms. The van der Waals surface area contributed by atoms with Gasteiger partial charge in [-0.25, -0.2) is 8.78 Å². The van der Waals surface area contributed by atoms with Gasteiger partial charge in [0.1, 0.15) is 5.75 Å². The van der Waals surface area contributed by atoms with Crippen LogP contribution in [-0.2, 0) is 0 Å². The van der Waals surface area contributed by atoms with Gasteiger partial charge in [0, 0.05) is 6.04 Å². The van der Waals surface area contributed by atoms with Crippen molar-refractivity contribution in [3.05, 3.63) is 29.8 Å². The number of methoxy groups -OCH3 is 1. The standard InChI is InChI=1S/C12H15F4NO/c1-8(17-7-12(15,16)11(13)14)9-3-5-10(18-2)6-4-9/h3-6,8,11,17H,7H2,1-2H3. The minimum atomic E-state index is -4.01. The molecule has 1 unspecified atom stereocenters. The van der Waals surface area contributed by atoms with Crippen LogP contribution in [0.4, 0.5) is 17.6 Å². The quantitative estimate of drug-likeness (QED) is 0.797. The molecule has 102 valence electrons. The van der Waals surface area contributed by atoms with Gasteiger partial charge in [-0.15, -0.1) is 0 Å². The van der Waals surface area contributed by atoms with Gasteiger partial charge >= 0.3 is 12.3 Å². The maximum absolute atomic E-state index is 12.7. The Hall–Kier alpha value is -1.30. The van der Waals surface area contributed by atoms with Gasteiger partial charge in [-0.2, -0.15) is 8.78 Å². The van der Waals surface area contributed by atoms with E-state index in [4.69, 9.17) is 4.74 Å². The van der Waals surface area contributed by atoms with Gasteiger partial charge in [0.25, 0.3) is 0 Å². The summed E-state index contributed by atoms with van der Waals surface area (Å²) in [5.41, 5.74) is 0.723. The highest BCUT2D eigenvalue weighted by molar-refractivity contribution is 5.28. The molecule has 0 aliphatic heterocycles. The fraction of sp³-hybridized carbons (Fsp3) is 0.500. The number of benzene rings is 1. The largest absolute Gasteiger partial charge is 0.497 e. The summed E-state index contributed by atoms with van der Waals surface area (Å²) >= 11 is 0.